The number of carbonyl (C=O) groups excluding carboxylic acids is 1. The summed E-state index contributed by atoms with van der Waals surface area (Å²) < 4.78 is 4.35. The van der Waals surface area contributed by atoms with Crippen molar-refractivity contribution in [2.75, 3.05) is 39.3 Å². The van der Waals surface area contributed by atoms with Gasteiger partial charge in [-0.2, -0.15) is 0 Å². The van der Waals surface area contributed by atoms with Gasteiger partial charge in [0.25, 0.3) is 5.91 Å². The number of hydrogen-bond acceptors (Lipinski definition) is 6. The summed E-state index contributed by atoms with van der Waals surface area (Å²) in [7, 11) is 0. The Labute approximate surface area is 93.1 Å². The lowest BCUT2D eigenvalue weighted by Gasteiger charge is -2.26. The average Bonchev–Trinajstić information content (AvgIpc) is 2.84. The molecule has 1 fully saturated rings. The largest absolute Gasteiger partial charge is 0.349 e. The molecule has 0 aliphatic carbocycles. The summed E-state index contributed by atoms with van der Waals surface area (Å²) in [5, 5.41) is 12.9. The molecule has 1 aliphatic rings. The second-order valence-corrected chi connectivity index (χ2v) is 3.64. The molecule has 1 aromatic heterocycles. The van der Waals surface area contributed by atoms with Gasteiger partial charge in [0.1, 0.15) is 6.20 Å². The molecular weight excluding hydrogens is 210 g/mol. The summed E-state index contributed by atoms with van der Waals surface area (Å²) in [5.74, 6) is -0.239. The van der Waals surface area contributed by atoms with E-state index < -0.39 is 0 Å². The van der Waals surface area contributed by atoms with Gasteiger partial charge in [0, 0.05) is 39.3 Å². The fourth-order valence-electron chi connectivity index (χ4n) is 1.62. The van der Waals surface area contributed by atoms with Crippen LogP contribution in [0.25, 0.3) is 0 Å². The zero-order valence-corrected chi connectivity index (χ0v) is 8.98. The first-order valence-corrected chi connectivity index (χ1v) is 5.35. The summed E-state index contributed by atoms with van der Waals surface area (Å²) in [4.78, 5) is 13.7. The third-order valence-electron chi connectivity index (χ3n) is 2.52. The minimum Gasteiger partial charge on any atom is -0.349 e. The van der Waals surface area contributed by atoms with Gasteiger partial charge >= 0.3 is 0 Å². The molecule has 7 nitrogen and oxygen atoms in total. The van der Waals surface area contributed by atoms with Crippen LogP contribution in [-0.4, -0.2) is 60.4 Å². The number of rotatable bonds is 4. The first-order valence-electron chi connectivity index (χ1n) is 5.35. The number of aromatic nitrogens is 2. The molecule has 1 aromatic rings. The lowest BCUT2D eigenvalue weighted by Crippen LogP contribution is -2.46. The highest BCUT2D eigenvalue weighted by Gasteiger charge is 2.11. The molecule has 2 heterocycles. The van der Waals surface area contributed by atoms with E-state index in [0.29, 0.717) is 6.54 Å². The molecule has 88 valence electrons. The van der Waals surface area contributed by atoms with E-state index in [4.69, 9.17) is 0 Å². The number of hydrogen-bond donors (Lipinski definition) is 2. The van der Waals surface area contributed by atoms with Crippen LogP contribution in [0, 0.1) is 0 Å². The predicted octanol–water partition coefficient (Wildman–Crippen LogP) is -1.30. The van der Waals surface area contributed by atoms with Gasteiger partial charge in [-0.1, -0.05) is 5.16 Å². The topological polar surface area (TPSA) is 83.3 Å². The molecule has 0 unspecified atom stereocenters. The molecule has 2 rings (SSSR count). The summed E-state index contributed by atoms with van der Waals surface area (Å²) in [6, 6.07) is 0. The zero-order chi connectivity index (χ0) is 11.2. The Balaban J connectivity index is 1.66. The molecule has 7 heteroatoms. The van der Waals surface area contributed by atoms with Crippen LogP contribution in [-0.2, 0) is 0 Å². The van der Waals surface area contributed by atoms with Gasteiger partial charge < -0.3 is 10.6 Å². The van der Waals surface area contributed by atoms with Gasteiger partial charge in [-0.25, -0.2) is 4.63 Å². The van der Waals surface area contributed by atoms with Gasteiger partial charge in [0.15, 0.2) is 5.69 Å². The van der Waals surface area contributed by atoms with Crippen molar-refractivity contribution in [1.29, 1.82) is 0 Å². The standard InChI is InChI=1S/C9H15N5O2/c15-9(8-7-12-16-13-8)11-3-6-14-4-1-10-2-5-14/h7,10H,1-6H2,(H,11,15). The van der Waals surface area contributed by atoms with Crippen molar-refractivity contribution in [3.8, 4) is 0 Å². The maximum atomic E-state index is 11.4. The van der Waals surface area contributed by atoms with E-state index in [9.17, 15) is 4.79 Å². The van der Waals surface area contributed by atoms with Crippen LogP contribution in [0.15, 0.2) is 10.8 Å². The molecule has 0 aromatic carbocycles. The molecule has 2 N–H and O–H groups in total. The summed E-state index contributed by atoms with van der Waals surface area (Å²) in [6.45, 7) is 5.56. The van der Waals surface area contributed by atoms with Gasteiger partial charge in [0.2, 0.25) is 0 Å². The molecule has 0 spiro atoms. The second-order valence-electron chi connectivity index (χ2n) is 3.64. The SMILES string of the molecule is O=C(NCCN1CCNCC1)c1cnon1. The first-order chi connectivity index (χ1) is 7.86. The maximum absolute atomic E-state index is 11.4. The van der Waals surface area contributed by atoms with E-state index in [1.54, 1.807) is 0 Å². The van der Waals surface area contributed by atoms with Gasteiger partial charge in [-0.3, -0.25) is 9.69 Å². The highest BCUT2D eigenvalue weighted by Crippen LogP contribution is 1.92. The van der Waals surface area contributed by atoms with E-state index >= 15 is 0 Å². The van der Waals surface area contributed by atoms with E-state index in [-0.39, 0.29) is 11.6 Å². The smallest absolute Gasteiger partial charge is 0.275 e. The lowest BCUT2D eigenvalue weighted by molar-refractivity contribution is 0.0937. The first kappa shape index (κ1) is 11.0. The monoisotopic (exact) mass is 225 g/mol. The molecule has 1 amide bonds. The molecule has 0 atom stereocenters. The Morgan fingerprint density at radius 1 is 1.56 bits per heavy atom. The van der Waals surface area contributed by atoms with Crippen LogP contribution >= 0.6 is 0 Å². The van der Waals surface area contributed by atoms with Crippen LogP contribution in [0.1, 0.15) is 10.5 Å². The van der Waals surface area contributed by atoms with Gasteiger partial charge in [0.05, 0.1) is 0 Å². The zero-order valence-electron chi connectivity index (χ0n) is 8.98. The predicted molar refractivity (Wildman–Crippen MR) is 55.9 cm³/mol. The van der Waals surface area contributed by atoms with Crippen molar-refractivity contribution >= 4 is 5.91 Å². The van der Waals surface area contributed by atoms with Crippen LogP contribution in [0.3, 0.4) is 0 Å². The highest BCUT2D eigenvalue weighted by molar-refractivity contribution is 5.91. The number of nitrogens with one attached hydrogen (secondary N) is 2. The Bertz CT molecular complexity index is 321. The van der Waals surface area contributed by atoms with Crippen LogP contribution in [0.4, 0.5) is 0 Å². The fraction of sp³-hybridized carbons (Fsp3) is 0.667. The fourth-order valence-corrected chi connectivity index (χ4v) is 1.62. The number of carbonyl (C=O) groups is 1. The molecular formula is C9H15N5O2. The van der Waals surface area contributed by atoms with E-state index in [1.807, 2.05) is 0 Å². The van der Waals surface area contributed by atoms with E-state index in [2.05, 4.69) is 30.5 Å². The second kappa shape index (κ2) is 5.57. The molecule has 0 bridgehead atoms. The highest BCUT2D eigenvalue weighted by atomic mass is 16.6. The van der Waals surface area contributed by atoms with Crippen molar-refractivity contribution in [3.05, 3.63) is 11.9 Å². The van der Waals surface area contributed by atoms with E-state index in [1.165, 1.54) is 6.20 Å². The van der Waals surface area contributed by atoms with Crippen LogP contribution < -0.4 is 10.6 Å². The third kappa shape index (κ3) is 3.01. The van der Waals surface area contributed by atoms with Crippen molar-refractivity contribution in [2.45, 2.75) is 0 Å². The van der Waals surface area contributed by atoms with Crippen molar-refractivity contribution in [1.82, 2.24) is 25.8 Å². The molecule has 0 radical (unpaired) electrons. The van der Waals surface area contributed by atoms with Crippen molar-refractivity contribution in [2.24, 2.45) is 0 Å². The van der Waals surface area contributed by atoms with Crippen molar-refractivity contribution in [3.63, 3.8) is 0 Å². The molecule has 1 aliphatic heterocycles. The quantitative estimate of drug-likeness (QED) is 0.663. The minimum atomic E-state index is -0.239. The Hall–Kier alpha value is -1.47. The molecule has 0 saturated carbocycles. The number of piperazine rings is 1. The Kier molecular flexibility index (Phi) is 3.84. The van der Waals surface area contributed by atoms with Crippen LogP contribution in [0.2, 0.25) is 0 Å². The molecule has 1 saturated heterocycles. The van der Waals surface area contributed by atoms with Gasteiger partial charge in [-0.05, 0) is 5.16 Å². The average molecular weight is 225 g/mol. The summed E-state index contributed by atoms with van der Waals surface area (Å²) in [5.41, 5.74) is 0.223. The summed E-state index contributed by atoms with van der Waals surface area (Å²) in [6.07, 6.45) is 1.31. The van der Waals surface area contributed by atoms with Crippen LogP contribution in [0.5, 0.6) is 0 Å². The van der Waals surface area contributed by atoms with Gasteiger partial charge in [-0.15, -0.1) is 0 Å². The number of amides is 1. The third-order valence-corrected chi connectivity index (χ3v) is 2.52. The Morgan fingerprint density at radius 2 is 2.38 bits per heavy atom. The van der Waals surface area contributed by atoms with Crippen molar-refractivity contribution < 1.29 is 9.42 Å². The Morgan fingerprint density at radius 3 is 3.06 bits per heavy atom. The minimum absolute atomic E-state index is 0.223. The maximum Gasteiger partial charge on any atom is 0.275 e. The molecule has 16 heavy (non-hydrogen) atoms. The van der Waals surface area contributed by atoms with E-state index in [0.717, 1.165) is 32.7 Å². The lowest BCUT2D eigenvalue weighted by atomic mass is 10.3. The number of nitrogens with zero attached hydrogens (tertiary/aromatic N) is 3. The normalized spacial score (nSPS) is 17.2. The summed E-state index contributed by atoms with van der Waals surface area (Å²) >= 11 is 0.